The predicted octanol–water partition coefficient (Wildman–Crippen LogP) is 2.99. The minimum absolute atomic E-state index is 0.0237. The van der Waals surface area contributed by atoms with Gasteiger partial charge in [0, 0.05) is 41.8 Å². The highest BCUT2D eigenvalue weighted by Gasteiger charge is 2.21. The third-order valence-electron chi connectivity index (χ3n) is 5.19. The topological polar surface area (TPSA) is 117 Å². The maximum atomic E-state index is 12.6. The van der Waals surface area contributed by atoms with Crippen molar-refractivity contribution in [3.8, 4) is 11.3 Å². The summed E-state index contributed by atoms with van der Waals surface area (Å²) < 4.78 is 23.1. The molecule has 1 amide bonds. The zero-order valence-electron chi connectivity index (χ0n) is 17.0. The molecule has 0 unspecified atom stereocenters. The average Bonchev–Trinajstić information content (AvgIpc) is 3.27. The number of anilines is 1. The Bertz CT molecular complexity index is 1220. The van der Waals surface area contributed by atoms with E-state index in [0.717, 1.165) is 22.5 Å². The maximum absolute atomic E-state index is 12.6. The fourth-order valence-electron chi connectivity index (χ4n) is 3.36. The first kappa shape index (κ1) is 22.1. The van der Waals surface area contributed by atoms with Gasteiger partial charge in [-0.05, 0) is 29.8 Å². The van der Waals surface area contributed by atoms with Crippen molar-refractivity contribution in [3.63, 3.8) is 0 Å². The van der Waals surface area contributed by atoms with E-state index in [0.29, 0.717) is 36.6 Å². The predicted molar refractivity (Wildman–Crippen MR) is 123 cm³/mol. The van der Waals surface area contributed by atoms with Gasteiger partial charge in [0.1, 0.15) is 0 Å². The van der Waals surface area contributed by atoms with Crippen molar-refractivity contribution in [3.05, 3.63) is 70.0 Å². The highest BCUT2D eigenvalue weighted by molar-refractivity contribution is 7.91. The standard InChI is InChI=1S/C22H21N3O5S2/c26-20(17-5-3-16(4-6-17)19-14-31-21(24-19)22(27)28)23-18-7-1-15(2-8-18)13-25-9-11-32(29,30)12-10-25/h1-8,14H,9-13H2,(H,23,26)(H,27,28). The number of nitrogens with one attached hydrogen (secondary N) is 1. The number of thiazole rings is 1. The molecule has 3 aromatic rings. The van der Waals surface area contributed by atoms with Gasteiger partial charge in [-0.25, -0.2) is 18.2 Å². The van der Waals surface area contributed by atoms with Gasteiger partial charge in [-0.15, -0.1) is 11.3 Å². The Morgan fingerprint density at radius 2 is 1.69 bits per heavy atom. The average molecular weight is 472 g/mol. The van der Waals surface area contributed by atoms with Crippen molar-refractivity contribution in [1.82, 2.24) is 9.88 Å². The van der Waals surface area contributed by atoms with E-state index in [1.54, 1.807) is 29.6 Å². The van der Waals surface area contributed by atoms with E-state index in [4.69, 9.17) is 5.11 Å². The molecule has 10 heteroatoms. The van der Waals surface area contributed by atoms with Crippen molar-refractivity contribution in [2.75, 3.05) is 29.9 Å². The number of carboxylic acid groups (broad SMARTS) is 1. The lowest BCUT2D eigenvalue weighted by Gasteiger charge is -2.26. The van der Waals surface area contributed by atoms with Crippen LogP contribution in [0.1, 0.15) is 25.7 Å². The van der Waals surface area contributed by atoms with E-state index in [9.17, 15) is 18.0 Å². The minimum Gasteiger partial charge on any atom is -0.476 e. The molecule has 2 N–H and O–H groups in total. The van der Waals surface area contributed by atoms with Crippen LogP contribution in [0.3, 0.4) is 0 Å². The number of rotatable bonds is 6. The molecule has 32 heavy (non-hydrogen) atoms. The molecule has 1 aliphatic heterocycles. The van der Waals surface area contributed by atoms with E-state index in [2.05, 4.69) is 15.2 Å². The van der Waals surface area contributed by atoms with Gasteiger partial charge in [0.25, 0.3) is 5.91 Å². The molecule has 0 radical (unpaired) electrons. The summed E-state index contributed by atoms with van der Waals surface area (Å²) in [5, 5.41) is 13.5. The highest BCUT2D eigenvalue weighted by Crippen LogP contribution is 2.23. The molecule has 0 spiro atoms. The summed E-state index contributed by atoms with van der Waals surface area (Å²) in [4.78, 5) is 29.7. The second-order valence-corrected chi connectivity index (χ2v) is 10.7. The number of carboxylic acids is 1. The van der Waals surface area contributed by atoms with E-state index >= 15 is 0 Å². The number of carbonyl (C=O) groups excluding carboxylic acids is 1. The lowest BCUT2D eigenvalue weighted by molar-refractivity contribution is 0.0696. The van der Waals surface area contributed by atoms with Crippen LogP contribution < -0.4 is 5.32 Å². The minimum atomic E-state index is -2.89. The summed E-state index contributed by atoms with van der Waals surface area (Å²) in [6.07, 6.45) is 0. The number of sulfone groups is 1. The van der Waals surface area contributed by atoms with Crippen LogP contribution in [0.4, 0.5) is 5.69 Å². The zero-order chi connectivity index (χ0) is 22.7. The van der Waals surface area contributed by atoms with Crippen LogP contribution in [0.5, 0.6) is 0 Å². The van der Waals surface area contributed by atoms with Gasteiger partial charge in [0.2, 0.25) is 5.01 Å². The smallest absolute Gasteiger partial charge is 0.365 e. The molecule has 1 saturated heterocycles. The number of benzene rings is 2. The SMILES string of the molecule is O=C(Nc1ccc(CN2CCS(=O)(=O)CC2)cc1)c1ccc(-c2csc(C(=O)O)n2)cc1. The second-order valence-electron chi connectivity index (χ2n) is 7.50. The number of nitrogens with zero attached hydrogens (tertiary/aromatic N) is 2. The Hall–Kier alpha value is -3.08. The summed E-state index contributed by atoms with van der Waals surface area (Å²) in [5.41, 5.74) is 3.48. The molecule has 0 saturated carbocycles. The van der Waals surface area contributed by atoms with Crippen molar-refractivity contribution < 1.29 is 23.1 Å². The molecular weight excluding hydrogens is 450 g/mol. The first-order chi connectivity index (χ1) is 15.3. The number of aromatic carboxylic acids is 1. The van der Waals surface area contributed by atoms with Crippen LogP contribution in [-0.2, 0) is 16.4 Å². The van der Waals surface area contributed by atoms with E-state index in [1.807, 2.05) is 24.3 Å². The quantitative estimate of drug-likeness (QED) is 0.568. The fourth-order valence-corrected chi connectivity index (χ4v) is 5.30. The summed E-state index contributed by atoms with van der Waals surface area (Å²) in [5.74, 6) is -0.922. The second kappa shape index (κ2) is 9.19. The Kier molecular flexibility index (Phi) is 6.35. The number of hydrogen-bond acceptors (Lipinski definition) is 7. The first-order valence-electron chi connectivity index (χ1n) is 9.91. The Morgan fingerprint density at radius 1 is 1.03 bits per heavy atom. The monoisotopic (exact) mass is 471 g/mol. The van der Waals surface area contributed by atoms with Gasteiger partial charge < -0.3 is 10.4 Å². The van der Waals surface area contributed by atoms with Crippen LogP contribution in [0.2, 0.25) is 0 Å². The third kappa shape index (κ3) is 5.39. The van der Waals surface area contributed by atoms with Crippen molar-refractivity contribution in [1.29, 1.82) is 0 Å². The molecule has 0 aliphatic carbocycles. The summed E-state index contributed by atoms with van der Waals surface area (Å²) in [6, 6.07) is 14.3. The molecule has 2 heterocycles. The van der Waals surface area contributed by atoms with Gasteiger partial charge in [-0.3, -0.25) is 9.69 Å². The van der Waals surface area contributed by atoms with Gasteiger partial charge in [0.05, 0.1) is 17.2 Å². The number of hydrogen-bond donors (Lipinski definition) is 2. The van der Waals surface area contributed by atoms with Crippen LogP contribution in [0, 0.1) is 0 Å². The molecule has 2 aromatic carbocycles. The first-order valence-corrected chi connectivity index (χ1v) is 12.6. The summed E-state index contributed by atoms with van der Waals surface area (Å²) in [7, 11) is -2.89. The molecular formula is C22H21N3O5S2. The van der Waals surface area contributed by atoms with Crippen LogP contribution >= 0.6 is 11.3 Å². The maximum Gasteiger partial charge on any atom is 0.365 e. The highest BCUT2D eigenvalue weighted by atomic mass is 32.2. The van der Waals surface area contributed by atoms with E-state index < -0.39 is 15.8 Å². The number of carbonyl (C=O) groups is 2. The molecule has 1 aromatic heterocycles. The van der Waals surface area contributed by atoms with Crippen LogP contribution in [-0.4, -0.2) is 59.9 Å². The third-order valence-corrected chi connectivity index (χ3v) is 7.62. The van der Waals surface area contributed by atoms with Gasteiger partial charge in [0.15, 0.2) is 9.84 Å². The molecule has 0 bridgehead atoms. The Balaban J connectivity index is 1.34. The lowest BCUT2D eigenvalue weighted by Crippen LogP contribution is -2.39. The Labute approximate surface area is 189 Å². The lowest BCUT2D eigenvalue weighted by atomic mass is 10.1. The zero-order valence-corrected chi connectivity index (χ0v) is 18.7. The molecule has 166 valence electrons. The molecule has 1 fully saturated rings. The van der Waals surface area contributed by atoms with E-state index in [1.165, 1.54) is 0 Å². The molecule has 0 atom stereocenters. The summed E-state index contributed by atoms with van der Waals surface area (Å²) in [6.45, 7) is 1.75. The van der Waals surface area contributed by atoms with Crippen molar-refractivity contribution in [2.24, 2.45) is 0 Å². The van der Waals surface area contributed by atoms with Gasteiger partial charge in [-0.2, -0.15) is 0 Å². The molecule has 1 aliphatic rings. The molecule has 4 rings (SSSR count). The summed E-state index contributed by atoms with van der Waals surface area (Å²) >= 11 is 1.06. The number of aromatic nitrogens is 1. The largest absolute Gasteiger partial charge is 0.476 e. The van der Waals surface area contributed by atoms with E-state index in [-0.39, 0.29) is 22.4 Å². The fraction of sp³-hybridized carbons (Fsp3) is 0.227. The number of amides is 1. The Morgan fingerprint density at radius 3 is 2.28 bits per heavy atom. The van der Waals surface area contributed by atoms with Crippen LogP contribution in [0.15, 0.2) is 53.9 Å². The normalized spacial score (nSPS) is 15.9. The van der Waals surface area contributed by atoms with Crippen molar-refractivity contribution >= 4 is 38.7 Å². The van der Waals surface area contributed by atoms with Crippen molar-refractivity contribution in [2.45, 2.75) is 6.54 Å². The van der Waals surface area contributed by atoms with Gasteiger partial charge in [-0.1, -0.05) is 24.3 Å². The molecule has 8 nitrogen and oxygen atoms in total. The van der Waals surface area contributed by atoms with Crippen LogP contribution in [0.25, 0.3) is 11.3 Å². The van der Waals surface area contributed by atoms with Gasteiger partial charge >= 0.3 is 5.97 Å².